The molecule has 5 nitrogen and oxygen atoms in total. The fraction of sp³-hybridized carbons (Fsp3) is 0.429. The van der Waals surface area contributed by atoms with E-state index >= 15 is 0 Å². The van der Waals surface area contributed by atoms with Gasteiger partial charge in [0.25, 0.3) is 0 Å². The van der Waals surface area contributed by atoms with Crippen LogP contribution in [0, 0.1) is 29.3 Å². The van der Waals surface area contributed by atoms with Gasteiger partial charge in [0.1, 0.15) is 11.6 Å². The number of carbonyl (C=O) groups is 1. The van der Waals surface area contributed by atoms with Crippen LogP contribution in [0.1, 0.15) is 31.2 Å². The van der Waals surface area contributed by atoms with Gasteiger partial charge < -0.3 is 14.7 Å². The molecule has 10 heteroatoms. The molecule has 2 heterocycles. The molecule has 1 aliphatic heterocycles. The Labute approximate surface area is 229 Å². The smallest absolute Gasteiger partial charge is 0.303 e. The Kier molecular flexibility index (Phi) is 9.79. The number of methoxy groups -OCH3 is 1. The van der Waals surface area contributed by atoms with Crippen LogP contribution in [0.25, 0.3) is 10.9 Å². The van der Waals surface area contributed by atoms with E-state index < -0.39 is 23.4 Å². The molecule has 1 saturated heterocycles. The van der Waals surface area contributed by atoms with Crippen molar-refractivity contribution in [2.24, 2.45) is 11.8 Å². The number of likely N-dealkylation sites (tertiary alicyclic amines) is 1. The Bertz CT molecular complexity index is 1300. The second kappa shape index (κ2) is 13.0. The first-order chi connectivity index (χ1) is 18.2. The second-order valence-electron chi connectivity index (χ2n) is 9.62. The van der Waals surface area contributed by atoms with Crippen LogP contribution in [0.4, 0.5) is 13.2 Å². The third-order valence-electron chi connectivity index (χ3n) is 7.17. The number of carboxylic acids is 1. The fourth-order valence-electron chi connectivity index (χ4n) is 5.24. The Morgan fingerprint density at radius 1 is 1.24 bits per heavy atom. The first-order valence-electron chi connectivity index (χ1n) is 12.6. The van der Waals surface area contributed by atoms with Gasteiger partial charge in [-0.2, -0.15) is 0 Å². The maximum Gasteiger partial charge on any atom is 0.303 e. The number of ether oxygens (including phenoxy) is 1. The molecule has 0 bridgehead atoms. The molecule has 0 radical (unpaired) electrons. The molecule has 0 saturated carbocycles. The molecule has 4 rings (SSSR count). The average Bonchev–Trinajstić information content (AvgIpc) is 2.88. The van der Waals surface area contributed by atoms with Crippen molar-refractivity contribution < 1.29 is 27.8 Å². The van der Waals surface area contributed by atoms with Gasteiger partial charge in [-0.15, -0.1) is 11.8 Å². The van der Waals surface area contributed by atoms with Crippen molar-refractivity contribution in [2.75, 3.05) is 32.5 Å². The largest absolute Gasteiger partial charge is 0.497 e. The van der Waals surface area contributed by atoms with Crippen molar-refractivity contribution in [3.05, 3.63) is 64.6 Å². The van der Waals surface area contributed by atoms with E-state index in [1.54, 1.807) is 13.3 Å². The van der Waals surface area contributed by atoms with E-state index in [4.69, 9.17) is 16.3 Å². The molecule has 0 spiro atoms. The summed E-state index contributed by atoms with van der Waals surface area (Å²) in [6.07, 6.45) is 5.07. The number of carboxylic acid groups (broad SMARTS) is 1. The number of aliphatic carboxylic acids is 1. The molecule has 3 aromatic rings. The Morgan fingerprint density at radius 3 is 2.82 bits per heavy atom. The van der Waals surface area contributed by atoms with Gasteiger partial charge in [0.05, 0.1) is 17.6 Å². The highest BCUT2D eigenvalue weighted by atomic mass is 35.5. The average molecular weight is 567 g/mol. The van der Waals surface area contributed by atoms with Gasteiger partial charge in [-0.05, 0) is 73.9 Å². The number of aromatic nitrogens is 1. The van der Waals surface area contributed by atoms with Crippen molar-refractivity contribution in [1.29, 1.82) is 0 Å². The Balaban J connectivity index is 1.34. The summed E-state index contributed by atoms with van der Waals surface area (Å²) in [4.78, 5) is 18.1. The van der Waals surface area contributed by atoms with Gasteiger partial charge in [0, 0.05) is 47.8 Å². The van der Waals surface area contributed by atoms with Crippen LogP contribution in [0.5, 0.6) is 5.75 Å². The minimum Gasteiger partial charge on any atom is -0.497 e. The molecule has 0 aliphatic carbocycles. The molecule has 1 aromatic heterocycles. The normalized spacial score (nSPS) is 18.1. The number of nitrogens with zero attached hydrogens (tertiary/aromatic N) is 2. The van der Waals surface area contributed by atoms with E-state index in [-0.39, 0.29) is 23.2 Å². The minimum absolute atomic E-state index is 0.0145. The molecule has 0 unspecified atom stereocenters. The van der Waals surface area contributed by atoms with Crippen molar-refractivity contribution in [2.45, 2.75) is 37.0 Å². The lowest BCUT2D eigenvalue weighted by Crippen LogP contribution is -2.42. The Hall–Kier alpha value is -2.49. The number of pyridine rings is 1. The highest BCUT2D eigenvalue weighted by molar-refractivity contribution is 7.99. The fourth-order valence-corrected chi connectivity index (χ4v) is 6.48. The molecule has 2 aromatic carbocycles. The molecule has 1 N–H and O–H groups in total. The molecular formula is C28H30ClF3N2O3S. The van der Waals surface area contributed by atoms with E-state index in [1.807, 2.05) is 18.2 Å². The number of thioether (sulfide) groups is 1. The SMILES string of the molecule is COc1ccc2ncc(Cl)c(CCC[C@@H]3CCN(CCSc4cc(F)cc(F)c4F)C[C@H]3CC(=O)O)c2c1. The number of benzene rings is 2. The summed E-state index contributed by atoms with van der Waals surface area (Å²) in [5.41, 5.74) is 1.86. The van der Waals surface area contributed by atoms with E-state index in [0.717, 1.165) is 72.3 Å². The molecular weight excluding hydrogens is 537 g/mol. The van der Waals surface area contributed by atoms with Crippen molar-refractivity contribution in [3.8, 4) is 5.75 Å². The maximum atomic E-state index is 13.9. The lowest BCUT2D eigenvalue weighted by Gasteiger charge is -2.38. The van der Waals surface area contributed by atoms with Gasteiger partial charge >= 0.3 is 5.97 Å². The van der Waals surface area contributed by atoms with Crippen LogP contribution >= 0.6 is 23.4 Å². The van der Waals surface area contributed by atoms with E-state index in [1.165, 1.54) is 0 Å². The quantitative estimate of drug-likeness (QED) is 0.202. The number of halogens is 4. The van der Waals surface area contributed by atoms with Crippen LogP contribution in [0.3, 0.4) is 0 Å². The van der Waals surface area contributed by atoms with Crippen LogP contribution in [-0.4, -0.2) is 53.5 Å². The van der Waals surface area contributed by atoms with E-state index in [2.05, 4.69) is 9.88 Å². The van der Waals surface area contributed by atoms with E-state index in [0.29, 0.717) is 29.9 Å². The number of rotatable bonds is 11. The van der Waals surface area contributed by atoms with Crippen LogP contribution in [-0.2, 0) is 11.2 Å². The van der Waals surface area contributed by atoms with Gasteiger partial charge in [-0.1, -0.05) is 11.6 Å². The maximum absolute atomic E-state index is 13.9. The summed E-state index contributed by atoms with van der Waals surface area (Å²) >= 11 is 7.56. The number of piperidine rings is 1. The Morgan fingerprint density at radius 2 is 2.05 bits per heavy atom. The highest BCUT2D eigenvalue weighted by Crippen LogP contribution is 2.34. The molecule has 0 amide bonds. The first-order valence-corrected chi connectivity index (χ1v) is 13.9. The van der Waals surface area contributed by atoms with Crippen LogP contribution < -0.4 is 4.74 Å². The van der Waals surface area contributed by atoms with Gasteiger partial charge in [-0.3, -0.25) is 9.78 Å². The van der Waals surface area contributed by atoms with Crippen molar-refractivity contribution in [1.82, 2.24) is 9.88 Å². The first kappa shape index (κ1) is 28.5. The van der Waals surface area contributed by atoms with E-state index in [9.17, 15) is 23.1 Å². The molecule has 204 valence electrons. The standard InChI is InChI=1S/C28H30ClF3N2O3S/c1-37-20-5-6-25-22(14-20)21(23(29)15-33-25)4-2-3-17-7-8-34(16-18(17)11-27(35)36)9-10-38-26-13-19(30)12-24(31)28(26)32/h5-6,12-15,17-18H,2-4,7-11,16H2,1H3,(H,35,36)/t17-,18-/m1/s1. The summed E-state index contributed by atoms with van der Waals surface area (Å²) in [5, 5.41) is 11.1. The number of aryl methyl sites for hydroxylation is 1. The molecule has 2 atom stereocenters. The van der Waals surface area contributed by atoms with Gasteiger partial charge in [0.2, 0.25) is 0 Å². The predicted octanol–water partition coefficient (Wildman–Crippen LogP) is 6.84. The molecule has 1 fully saturated rings. The van der Waals surface area contributed by atoms with Gasteiger partial charge in [-0.25, -0.2) is 13.2 Å². The van der Waals surface area contributed by atoms with Crippen molar-refractivity contribution >= 4 is 40.2 Å². The van der Waals surface area contributed by atoms with Crippen LogP contribution in [0.15, 0.2) is 41.4 Å². The third kappa shape index (κ3) is 7.12. The van der Waals surface area contributed by atoms with Gasteiger partial charge in [0.15, 0.2) is 11.6 Å². The predicted molar refractivity (Wildman–Crippen MR) is 144 cm³/mol. The summed E-state index contributed by atoms with van der Waals surface area (Å²) in [7, 11) is 1.62. The second-order valence-corrected chi connectivity index (χ2v) is 11.2. The van der Waals surface area contributed by atoms with Crippen molar-refractivity contribution in [3.63, 3.8) is 0 Å². The zero-order valence-electron chi connectivity index (χ0n) is 21.1. The monoisotopic (exact) mass is 566 g/mol. The van der Waals surface area contributed by atoms with Crippen LogP contribution in [0.2, 0.25) is 5.02 Å². The molecule has 38 heavy (non-hydrogen) atoms. The molecule has 1 aliphatic rings. The lowest BCUT2D eigenvalue weighted by atomic mass is 9.80. The lowest BCUT2D eigenvalue weighted by molar-refractivity contribution is -0.139. The summed E-state index contributed by atoms with van der Waals surface area (Å²) < 4.78 is 46.2. The highest BCUT2D eigenvalue weighted by Gasteiger charge is 2.30. The minimum atomic E-state index is -1.20. The summed E-state index contributed by atoms with van der Waals surface area (Å²) in [6, 6.07) is 7.24. The number of fused-ring (bicyclic) bond motifs is 1. The number of hydrogen-bond donors (Lipinski definition) is 1. The number of hydrogen-bond acceptors (Lipinski definition) is 5. The third-order valence-corrected chi connectivity index (χ3v) is 8.49. The topological polar surface area (TPSA) is 62.7 Å². The summed E-state index contributed by atoms with van der Waals surface area (Å²) in [6.45, 7) is 1.98. The summed E-state index contributed by atoms with van der Waals surface area (Å²) in [5.74, 6) is -2.46. The zero-order chi connectivity index (χ0) is 27.2. The zero-order valence-corrected chi connectivity index (χ0v) is 22.6.